The van der Waals surface area contributed by atoms with Crippen molar-refractivity contribution in [2.75, 3.05) is 25.0 Å². The maximum atomic E-state index is 11.9. The molecule has 19 heavy (non-hydrogen) atoms. The Balaban J connectivity index is 1.85. The number of halogens is 1. The molecular formula is C14H19IN2O2. The number of rotatable bonds is 3. The van der Waals surface area contributed by atoms with E-state index < -0.39 is 0 Å². The van der Waals surface area contributed by atoms with Gasteiger partial charge in [0.2, 0.25) is 5.91 Å². The smallest absolute Gasteiger partial charge is 0.238 e. The third-order valence-electron chi connectivity index (χ3n) is 3.48. The van der Waals surface area contributed by atoms with E-state index in [1.54, 1.807) is 0 Å². The molecule has 1 amide bonds. The van der Waals surface area contributed by atoms with Crippen molar-refractivity contribution in [2.24, 2.45) is 5.92 Å². The first-order chi connectivity index (χ1) is 9.04. The minimum atomic E-state index is -0.320. The van der Waals surface area contributed by atoms with Crippen LogP contribution >= 0.6 is 22.6 Å². The van der Waals surface area contributed by atoms with E-state index in [-0.39, 0.29) is 12.0 Å². The normalized spacial score (nSPS) is 24.2. The van der Waals surface area contributed by atoms with Crippen LogP contribution in [0.4, 0.5) is 5.69 Å². The van der Waals surface area contributed by atoms with Crippen molar-refractivity contribution in [1.82, 2.24) is 4.90 Å². The molecule has 104 valence electrons. The van der Waals surface area contributed by atoms with Gasteiger partial charge < -0.3 is 10.4 Å². The number of hydrogen-bond acceptors (Lipinski definition) is 3. The molecule has 1 heterocycles. The van der Waals surface area contributed by atoms with Gasteiger partial charge in [-0.1, -0.05) is 13.0 Å². The highest BCUT2D eigenvalue weighted by molar-refractivity contribution is 14.1. The number of amides is 1. The molecule has 2 unspecified atom stereocenters. The zero-order valence-corrected chi connectivity index (χ0v) is 13.1. The molecule has 1 saturated heterocycles. The van der Waals surface area contributed by atoms with Gasteiger partial charge in [-0.2, -0.15) is 0 Å². The lowest BCUT2D eigenvalue weighted by molar-refractivity contribution is -0.118. The summed E-state index contributed by atoms with van der Waals surface area (Å²) in [6, 6.07) is 7.72. The number of hydrogen-bond donors (Lipinski definition) is 2. The summed E-state index contributed by atoms with van der Waals surface area (Å²) in [5.74, 6) is 0.304. The molecule has 4 nitrogen and oxygen atoms in total. The second-order valence-corrected chi connectivity index (χ2v) is 6.37. The van der Waals surface area contributed by atoms with Crippen molar-refractivity contribution >= 4 is 34.2 Å². The Bertz CT molecular complexity index is 453. The maximum absolute atomic E-state index is 11.9. The fourth-order valence-electron chi connectivity index (χ4n) is 2.23. The predicted octanol–water partition coefficient (Wildman–Crippen LogP) is 1.93. The van der Waals surface area contributed by atoms with Crippen LogP contribution in [0.5, 0.6) is 0 Å². The highest BCUT2D eigenvalue weighted by Crippen LogP contribution is 2.17. The molecule has 1 aromatic carbocycles. The van der Waals surface area contributed by atoms with Gasteiger partial charge in [0.1, 0.15) is 0 Å². The first-order valence-electron chi connectivity index (χ1n) is 6.50. The number of nitrogens with one attached hydrogen (secondary N) is 1. The zero-order valence-electron chi connectivity index (χ0n) is 11.0. The number of carbonyl (C=O) groups excluding carboxylic acids is 1. The number of benzene rings is 1. The molecule has 2 N–H and O–H groups in total. The van der Waals surface area contributed by atoms with Gasteiger partial charge in [0.15, 0.2) is 0 Å². The Morgan fingerprint density at radius 3 is 3.05 bits per heavy atom. The van der Waals surface area contributed by atoms with Crippen molar-refractivity contribution in [1.29, 1.82) is 0 Å². The van der Waals surface area contributed by atoms with E-state index in [0.29, 0.717) is 19.0 Å². The molecule has 1 fully saturated rings. The van der Waals surface area contributed by atoms with Crippen LogP contribution in [-0.4, -0.2) is 41.7 Å². The third kappa shape index (κ3) is 4.43. The fourth-order valence-corrected chi connectivity index (χ4v) is 2.77. The average molecular weight is 374 g/mol. The van der Waals surface area contributed by atoms with Crippen LogP contribution in [0.25, 0.3) is 0 Å². The summed E-state index contributed by atoms with van der Waals surface area (Å²) < 4.78 is 1.10. The van der Waals surface area contributed by atoms with Crippen molar-refractivity contribution in [2.45, 2.75) is 19.4 Å². The first-order valence-corrected chi connectivity index (χ1v) is 7.58. The van der Waals surface area contributed by atoms with Gasteiger partial charge in [-0.05, 0) is 59.7 Å². The monoisotopic (exact) mass is 374 g/mol. The van der Waals surface area contributed by atoms with Crippen molar-refractivity contribution in [3.05, 3.63) is 27.8 Å². The van der Waals surface area contributed by atoms with Crippen LogP contribution < -0.4 is 5.32 Å². The Kier molecular flexibility index (Phi) is 5.18. The number of carbonyl (C=O) groups is 1. The maximum Gasteiger partial charge on any atom is 0.238 e. The van der Waals surface area contributed by atoms with Gasteiger partial charge in [-0.3, -0.25) is 9.69 Å². The summed E-state index contributed by atoms with van der Waals surface area (Å²) in [6.07, 6.45) is 0.622. The van der Waals surface area contributed by atoms with Crippen LogP contribution in [0.1, 0.15) is 13.3 Å². The van der Waals surface area contributed by atoms with Crippen molar-refractivity contribution in [3.63, 3.8) is 0 Å². The van der Waals surface area contributed by atoms with E-state index in [0.717, 1.165) is 22.2 Å². The van der Waals surface area contributed by atoms with Gasteiger partial charge in [0.05, 0.1) is 12.6 Å². The van der Waals surface area contributed by atoms with E-state index in [2.05, 4.69) is 27.9 Å². The molecule has 2 rings (SSSR count). The number of nitrogens with zero attached hydrogens (tertiary/aromatic N) is 1. The van der Waals surface area contributed by atoms with Crippen LogP contribution in [0.15, 0.2) is 24.3 Å². The van der Waals surface area contributed by atoms with E-state index >= 15 is 0 Å². The largest absolute Gasteiger partial charge is 0.392 e. The second kappa shape index (κ2) is 6.67. The topological polar surface area (TPSA) is 52.6 Å². The minimum Gasteiger partial charge on any atom is -0.392 e. The standard InChI is InChI=1S/C14H19IN2O2/c1-10-5-6-17(8-13(10)18)9-14(19)16-12-4-2-3-11(15)7-12/h2-4,7,10,13,18H,5-6,8-9H2,1H3,(H,16,19). The second-order valence-electron chi connectivity index (χ2n) is 5.13. The Morgan fingerprint density at radius 1 is 1.58 bits per heavy atom. The highest BCUT2D eigenvalue weighted by atomic mass is 127. The quantitative estimate of drug-likeness (QED) is 0.796. The molecule has 1 aromatic rings. The third-order valence-corrected chi connectivity index (χ3v) is 4.15. The Labute approximate surface area is 127 Å². The van der Waals surface area contributed by atoms with Gasteiger partial charge in [-0.15, -0.1) is 0 Å². The number of anilines is 1. The van der Waals surface area contributed by atoms with E-state index in [1.165, 1.54) is 0 Å². The summed E-state index contributed by atoms with van der Waals surface area (Å²) in [6.45, 7) is 3.85. The highest BCUT2D eigenvalue weighted by Gasteiger charge is 2.25. The summed E-state index contributed by atoms with van der Waals surface area (Å²) in [4.78, 5) is 14.0. The van der Waals surface area contributed by atoms with Gasteiger partial charge >= 0.3 is 0 Å². The minimum absolute atomic E-state index is 0.0243. The lowest BCUT2D eigenvalue weighted by Gasteiger charge is -2.33. The molecule has 1 aliphatic heterocycles. The molecule has 1 aliphatic rings. The van der Waals surface area contributed by atoms with Crippen LogP contribution in [0.3, 0.4) is 0 Å². The Hall–Kier alpha value is -0.660. The van der Waals surface area contributed by atoms with Gasteiger partial charge in [0.25, 0.3) is 0 Å². The van der Waals surface area contributed by atoms with E-state index in [4.69, 9.17) is 0 Å². The van der Waals surface area contributed by atoms with E-state index in [9.17, 15) is 9.90 Å². The first kappa shape index (κ1) is 14.7. The lowest BCUT2D eigenvalue weighted by Crippen LogP contribution is -2.45. The van der Waals surface area contributed by atoms with Crippen molar-refractivity contribution in [3.8, 4) is 0 Å². The predicted molar refractivity (Wildman–Crippen MR) is 84.0 cm³/mol. The summed E-state index contributed by atoms with van der Waals surface area (Å²) >= 11 is 2.22. The fraction of sp³-hybridized carbons (Fsp3) is 0.500. The van der Waals surface area contributed by atoms with E-state index in [1.807, 2.05) is 36.1 Å². The molecule has 0 bridgehead atoms. The zero-order chi connectivity index (χ0) is 13.8. The molecule has 0 aromatic heterocycles. The number of likely N-dealkylation sites (tertiary alicyclic amines) is 1. The molecule has 0 aliphatic carbocycles. The van der Waals surface area contributed by atoms with Crippen molar-refractivity contribution < 1.29 is 9.90 Å². The van der Waals surface area contributed by atoms with Gasteiger partial charge in [-0.25, -0.2) is 0 Å². The molecule has 0 radical (unpaired) electrons. The summed E-state index contributed by atoms with van der Waals surface area (Å²) in [7, 11) is 0. The summed E-state index contributed by atoms with van der Waals surface area (Å²) in [5.41, 5.74) is 0.822. The molecule has 2 atom stereocenters. The molecule has 5 heteroatoms. The number of β-amino-alcohol motifs (C(OH)–C–C–N with tert-alkyl or cyclic N) is 1. The SMILES string of the molecule is CC1CCN(CC(=O)Nc2cccc(I)c2)CC1O. The molecule has 0 spiro atoms. The summed E-state index contributed by atoms with van der Waals surface area (Å²) in [5, 5.41) is 12.7. The lowest BCUT2D eigenvalue weighted by atomic mass is 9.96. The van der Waals surface area contributed by atoms with Crippen LogP contribution in [0, 0.1) is 9.49 Å². The number of aliphatic hydroxyl groups excluding tert-OH is 1. The number of aliphatic hydroxyl groups is 1. The van der Waals surface area contributed by atoms with Crippen LogP contribution in [0.2, 0.25) is 0 Å². The molecular weight excluding hydrogens is 355 g/mol. The average Bonchev–Trinajstić information content (AvgIpc) is 2.34. The Morgan fingerprint density at radius 2 is 2.37 bits per heavy atom. The van der Waals surface area contributed by atoms with Crippen LogP contribution in [-0.2, 0) is 4.79 Å². The van der Waals surface area contributed by atoms with Gasteiger partial charge in [0, 0.05) is 15.8 Å². The number of piperidine rings is 1. The molecule has 0 saturated carbocycles.